The molecule has 2 heterocycles. The van der Waals surface area contributed by atoms with Crippen molar-refractivity contribution in [3.63, 3.8) is 0 Å². The van der Waals surface area contributed by atoms with E-state index in [1.807, 2.05) is 24.3 Å². The molecule has 0 saturated carbocycles. The van der Waals surface area contributed by atoms with Gasteiger partial charge >= 0.3 is 0 Å². The van der Waals surface area contributed by atoms with E-state index < -0.39 is 17.6 Å². The molecule has 0 radical (unpaired) electrons. The second kappa shape index (κ2) is 9.00. The summed E-state index contributed by atoms with van der Waals surface area (Å²) < 4.78 is 15.5. The van der Waals surface area contributed by atoms with Gasteiger partial charge in [0.15, 0.2) is 0 Å². The molecule has 2 aromatic heterocycles. The molecular formula is C23H18FN5O2. The molecule has 0 spiro atoms. The average molecular weight is 415 g/mol. The Morgan fingerprint density at radius 1 is 0.871 bits per heavy atom. The van der Waals surface area contributed by atoms with Gasteiger partial charge in [-0.15, -0.1) is 0 Å². The number of nitrogens with zero attached hydrogens (tertiary/aromatic N) is 3. The van der Waals surface area contributed by atoms with Gasteiger partial charge in [0.1, 0.15) is 17.2 Å². The van der Waals surface area contributed by atoms with E-state index in [1.54, 1.807) is 36.7 Å². The van der Waals surface area contributed by atoms with Crippen molar-refractivity contribution >= 4 is 17.6 Å². The number of anilines is 1. The summed E-state index contributed by atoms with van der Waals surface area (Å²) in [6.45, 7) is 0.254. The Morgan fingerprint density at radius 2 is 1.65 bits per heavy atom. The summed E-state index contributed by atoms with van der Waals surface area (Å²) in [5.74, 6) is -1.64. The Hall–Kier alpha value is -4.33. The maximum Gasteiger partial charge on any atom is 0.259 e. The molecule has 0 aliphatic rings. The zero-order chi connectivity index (χ0) is 21.6. The molecule has 0 aliphatic heterocycles. The number of aromatic nitrogens is 3. The summed E-state index contributed by atoms with van der Waals surface area (Å²) in [6, 6.07) is 18.3. The molecule has 2 aromatic carbocycles. The zero-order valence-electron chi connectivity index (χ0n) is 16.3. The number of benzene rings is 2. The fraction of sp³-hybridized carbons (Fsp3) is 0.0435. The van der Waals surface area contributed by atoms with Gasteiger partial charge in [0.2, 0.25) is 0 Å². The molecule has 0 saturated heterocycles. The van der Waals surface area contributed by atoms with Crippen molar-refractivity contribution < 1.29 is 14.0 Å². The minimum absolute atomic E-state index is 0.134. The van der Waals surface area contributed by atoms with Gasteiger partial charge in [0.25, 0.3) is 11.8 Å². The highest BCUT2D eigenvalue weighted by atomic mass is 19.1. The fourth-order valence-electron chi connectivity index (χ4n) is 3.00. The molecule has 0 atom stereocenters. The highest BCUT2D eigenvalue weighted by Crippen LogP contribution is 2.22. The fourth-order valence-corrected chi connectivity index (χ4v) is 3.00. The number of pyridine rings is 1. The third kappa shape index (κ3) is 4.48. The summed E-state index contributed by atoms with van der Waals surface area (Å²) in [5.41, 5.74) is 1.48. The number of rotatable bonds is 6. The normalized spacial score (nSPS) is 10.5. The summed E-state index contributed by atoms with van der Waals surface area (Å²) in [5, 5.41) is 9.70. The van der Waals surface area contributed by atoms with Crippen LogP contribution < -0.4 is 10.6 Å². The van der Waals surface area contributed by atoms with E-state index in [9.17, 15) is 14.0 Å². The number of carbonyl (C=O) groups excluding carboxylic acids is 2. The van der Waals surface area contributed by atoms with Gasteiger partial charge in [-0.25, -0.2) is 9.07 Å². The molecule has 0 bridgehead atoms. The number of para-hydroxylation sites is 1. The van der Waals surface area contributed by atoms with E-state index >= 15 is 0 Å². The Morgan fingerprint density at radius 3 is 2.39 bits per heavy atom. The van der Waals surface area contributed by atoms with Crippen molar-refractivity contribution in [3.8, 4) is 5.69 Å². The third-order valence-electron chi connectivity index (χ3n) is 4.54. The van der Waals surface area contributed by atoms with Gasteiger partial charge in [-0.05, 0) is 35.9 Å². The smallest absolute Gasteiger partial charge is 0.259 e. The molecule has 0 aliphatic carbocycles. The lowest BCUT2D eigenvalue weighted by Crippen LogP contribution is -2.25. The first kappa shape index (κ1) is 20.0. The molecule has 0 fully saturated rings. The SMILES string of the molecule is O=C(Nc1c(C(=O)NCc2cccnc2)cnn1-c1ccccc1)c1ccccc1F. The van der Waals surface area contributed by atoms with Crippen molar-refractivity contribution in [3.05, 3.63) is 108 Å². The van der Waals surface area contributed by atoms with Crippen LogP contribution in [0.3, 0.4) is 0 Å². The van der Waals surface area contributed by atoms with Crippen molar-refractivity contribution in [2.75, 3.05) is 5.32 Å². The number of nitrogens with one attached hydrogen (secondary N) is 2. The Kier molecular flexibility index (Phi) is 5.79. The molecule has 2 amide bonds. The second-order valence-electron chi connectivity index (χ2n) is 6.63. The Labute approximate surface area is 177 Å². The summed E-state index contributed by atoms with van der Waals surface area (Å²) in [7, 11) is 0. The standard InChI is InChI=1S/C23H18FN5O2/c24-20-11-5-4-10-18(20)23(31)28-21-19(15-27-29(21)17-8-2-1-3-9-17)22(30)26-14-16-7-6-12-25-13-16/h1-13,15H,14H2,(H,26,30)(H,28,31). The van der Waals surface area contributed by atoms with Crippen LogP contribution in [-0.4, -0.2) is 26.6 Å². The lowest BCUT2D eigenvalue weighted by Gasteiger charge is -2.12. The largest absolute Gasteiger partial charge is 0.348 e. The first-order chi connectivity index (χ1) is 15.1. The lowest BCUT2D eigenvalue weighted by molar-refractivity contribution is 0.0951. The topological polar surface area (TPSA) is 88.9 Å². The van der Waals surface area contributed by atoms with Crippen LogP contribution in [-0.2, 0) is 6.54 Å². The van der Waals surface area contributed by atoms with E-state index in [2.05, 4.69) is 20.7 Å². The van der Waals surface area contributed by atoms with Crippen LogP contribution in [0.4, 0.5) is 10.2 Å². The molecule has 7 nitrogen and oxygen atoms in total. The Bertz CT molecular complexity index is 1210. The van der Waals surface area contributed by atoms with Crippen molar-refractivity contribution in [2.24, 2.45) is 0 Å². The molecule has 4 rings (SSSR count). The van der Waals surface area contributed by atoms with Crippen LogP contribution in [0.2, 0.25) is 0 Å². The van der Waals surface area contributed by atoms with Crippen molar-refractivity contribution in [2.45, 2.75) is 6.54 Å². The summed E-state index contributed by atoms with van der Waals surface area (Å²) in [6.07, 6.45) is 4.66. The molecule has 31 heavy (non-hydrogen) atoms. The van der Waals surface area contributed by atoms with E-state index in [-0.39, 0.29) is 23.5 Å². The molecule has 4 aromatic rings. The predicted octanol–water partition coefficient (Wildman–Crippen LogP) is 3.59. The lowest BCUT2D eigenvalue weighted by atomic mass is 10.2. The number of amides is 2. The summed E-state index contributed by atoms with van der Waals surface area (Å²) in [4.78, 5) is 29.6. The van der Waals surface area contributed by atoms with Crippen LogP contribution in [0, 0.1) is 5.82 Å². The van der Waals surface area contributed by atoms with E-state index in [0.717, 1.165) is 5.56 Å². The molecule has 2 N–H and O–H groups in total. The van der Waals surface area contributed by atoms with Crippen LogP contribution >= 0.6 is 0 Å². The molecular weight excluding hydrogens is 397 g/mol. The monoisotopic (exact) mass is 415 g/mol. The number of carbonyl (C=O) groups is 2. The highest BCUT2D eigenvalue weighted by Gasteiger charge is 2.22. The van der Waals surface area contributed by atoms with E-state index in [4.69, 9.17) is 0 Å². The minimum atomic E-state index is -0.683. The first-order valence-corrected chi connectivity index (χ1v) is 9.50. The maximum atomic E-state index is 14.1. The highest BCUT2D eigenvalue weighted by molar-refractivity contribution is 6.08. The van der Waals surface area contributed by atoms with E-state index in [1.165, 1.54) is 29.1 Å². The van der Waals surface area contributed by atoms with Crippen LogP contribution in [0.1, 0.15) is 26.3 Å². The van der Waals surface area contributed by atoms with Gasteiger partial charge in [-0.1, -0.05) is 36.4 Å². The van der Waals surface area contributed by atoms with Gasteiger partial charge < -0.3 is 10.6 Å². The van der Waals surface area contributed by atoms with E-state index in [0.29, 0.717) is 5.69 Å². The molecule has 154 valence electrons. The van der Waals surface area contributed by atoms with Gasteiger partial charge in [0, 0.05) is 18.9 Å². The Balaban J connectivity index is 1.65. The minimum Gasteiger partial charge on any atom is -0.348 e. The van der Waals surface area contributed by atoms with Gasteiger partial charge in [0.05, 0.1) is 17.4 Å². The quantitative estimate of drug-likeness (QED) is 0.504. The van der Waals surface area contributed by atoms with Gasteiger partial charge in [-0.2, -0.15) is 5.10 Å². The average Bonchev–Trinajstić information content (AvgIpc) is 3.22. The summed E-state index contributed by atoms with van der Waals surface area (Å²) >= 11 is 0. The molecule has 8 heteroatoms. The van der Waals surface area contributed by atoms with Crippen molar-refractivity contribution in [1.29, 1.82) is 0 Å². The first-order valence-electron chi connectivity index (χ1n) is 9.50. The zero-order valence-corrected chi connectivity index (χ0v) is 16.3. The predicted molar refractivity (Wildman–Crippen MR) is 113 cm³/mol. The third-order valence-corrected chi connectivity index (χ3v) is 4.54. The van der Waals surface area contributed by atoms with Crippen LogP contribution in [0.15, 0.2) is 85.3 Å². The number of halogens is 1. The van der Waals surface area contributed by atoms with Crippen LogP contribution in [0.25, 0.3) is 5.69 Å². The number of hydrogen-bond donors (Lipinski definition) is 2. The van der Waals surface area contributed by atoms with Crippen molar-refractivity contribution in [1.82, 2.24) is 20.1 Å². The number of hydrogen-bond acceptors (Lipinski definition) is 4. The maximum absolute atomic E-state index is 14.1. The van der Waals surface area contributed by atoms with Gasteiger partial charge in [-0.3, -0.25) is 14.6 Å². The van der Waals surface area contributed by atoms with Crippen LogP contribution in [0.5, 0.6) is 0 Å². The second-order valence-corrected chi connectivity index (χ2v) is 6.63. The molecule has 0 unspecified atom stereocenters.